The molecule has 1 aromatic carbocycles. The van der Waals surface area contributed by atoms with E-state index in [9.17, 15) is 0 Å². The number of oxime groups is 1. The fourth-order valence-corrected chi connectivity index (χ4v) is 2.27. The van der Waals surface area contributed by atoms with E-state index in [1.54, 1.807) is 13.0 Å². The van der Waals surface area contributed by atoms with E-state index in [0.29, 0.717) is 23.8 Å². The van der Waals surface area contributed by atoms with Crippen LogP contribution in [0.25, 0.3) is 0 Å². The summed E-state index contributed by atoms with van der Waals surface area (Å²) >= 11 is 11.2. The molecule has 7 heteroatoms. The summed E-state index contributed by atoms with van der Waals surface area (Å²) in [4.78, 5) is 0. The number of aryl methyl sites for hydroxylation is 2. The summed E-state index contributed by atoms with van der Waals surface area (Å²) in [6.45, 7) is 8.39. The standard InChI is InChI=1S/C18H25Cl2NO4/c1-5-8-24-18(13(4)21-22)25-17-12(3)10-15(11-14(17)6-2)23-9-7-16(19)20/h7,10-11,18,22H,5-6,8-9H2,1-4H3. The highest BCUT2D eigenvalue weighted by Crippen LogP contribution is 2.31. The molecule has 0 aliphatic heterocycles. The summed E-state index contributed by atoms with van der Waals surface area (Å²) in [6, 6.07) is 3.77. The summed E-state index contributed by atoms with van der Waals surface area (Å²) in [5.41, 5.74) is 2.22. The van der Waals surface area contributed by atoms with Gasteiger partial charge < -0.3 is 19.4 Å². The zero-order valence-corrected chi connectivity index (χ0v) is 16.5. The minimum absolute atomic E-state index is 0.169. The monoisotopic (exact) mass is 389 g/mol. The van der Waals surface area contributed by atoms with Crippen LogP contribution in [0, 0.1) is 6.92 Å². The van der Waals surface area contributed by atoms with Crippen LogP contribution < -0.4 is 9.47 Å². The molecule has 0 aliphatic carbocycles. The van der Waals surface area contributed by atoms with Gasteiger partial charge in [-0.1, -0.05) is 42.2 Å². The van der Waals surface area contributed by atoms with Gasteiger partial charge in [0.15, 0.2) is 0 Å². The fourth-order valence-electron chi connectivity index (χ4n) is 2.15. The average molecular weight is 390 g/mol. The Balaban J connectivity index is 3.03. The van der Waals surface area contributed by atoms with Crippen LogP contribution in [0.4, 0.5) is 0 Å². The first kappa shape index (κ1) is 21.6. The third-order valence-corrected chi connectivity index (χ3v) is 3.70. The number of hydrogen-bond acceptors (Lipinski definition) is 5. The third-order valence-electron chi connectivity index (χ3n) is 3.39. The Kier molecular flexibility index (Phi) is 9.71. The maximum absolute atomic E-state index is 9.05. The van der Waals surface area contributed by atoms with E-state index in [2.05, 4.69) is 5.16 Å². The van der Waals surface area contributed by atoms with Gasteiger partial charge in [-0.05, 0) is 56.0 Å². The Hall–Kier alpha value is -1.43. The van der Waals surface area contributed by atoms with Crippen LogP contribution in [0.1, 0.15) is 38.3 Å². The molecule has 1 atom stereocenters. The first-order valence-electron chi connectivity index (χ1n) is 8.17. The number of halogens is 2. The van der Waals surface area contributed by atoms with Crippen LogP contribution in [-0.4, -0.2) is 30.4 Å². The Morgan fingerprint density at radius 1 is 1.32 bits per heavy atom. The van der Waals surface area contributed by atoms with E-state index in [4.69, 9.17) is 42.6 Å². The molecular formula is C18H25Cl2NO4. The molecular weight excluding hydrogens is 365 g/mol. The van der Waals surface area contributed by atoms with Crippen LogP contribution in [-0.2, 0) is 11.2 Å². The molecule has 25 heavy (non-hydrogen) atoms. The minimum atomic E-state index is -0.737. The van der Waals surface area contributed by atoms with E-state index < -0.39 is 6.29 Å². The lowest BCUT2D eigenvalue weighted by molar-refractivity contribution is -0.0341. The lowest BCUT2D eigenvalue weighted by atomic mass is 10.1. The van der Waals surface area contributed by atoms with Crippen molar-refractivity contribution in [1.29, 1.82) is 0 Å². The Labute approximate surface area is 159 Å². The third kappa shape index (κ3) is 7.14. The van der Waals surface area contributed by atoms with Crippen molar-refractivity contribution >= 4 is 28.9 Å². The Morgan fingerprint density at radius 2 is 2.04 bits per heavy atom. The maximum atomic E-state index is 9.05. The zero-order valence-electron chi connectivity index (χ0n) is 15.0. The van der Waals surface area contributed by atoms with Crippen molar-refractivity contribution in [2.45, 2.75) is 46.8 Å². The number of rotatable bonds is 10. The van der Waals surface area contributed by atoms with Crippen molar-refractivity contribution in [2.75, 3.05) is 13.2 Å². The summed E-state index contributed by atoms with van der Waals surface area (Å²) in [5.74, 6) is 1.40. The van der Waals surface area contributed by atoms with Crippen LogP contribution in [0.3, 0.4) is 0 Å². The molecule has 0 aromatic heterocycles. The molecule has 0 aliphatic rings. The van der Waals surface area contributed by atoms with Crippen molar-refractivity contribution in [3.63, 3.8) is 0 Å². The second kappa shape index (κ2) is 11.2. The molecule has 140 valence electrons. The van der Waals surface area contributed by atoms with Gasteiger partial charge in [0, 0.05) is 0 Å². The lowest BCUT2D eigenvalue weighted by Crippen LogP contribution is -2.29. The molecule has 1 aromatic rings. The van der Waals surface area contributed by atoms with Crippen molar-refractivity contribution in [3.8, 4) is 11.5 Å². The van der Waals surface area contributed by atoms with Gasteiger partial charge in [-0.3, -0.25) is 0 Å². The minimum Gasteiger partial charge on any atom is -0.489 e. The fraction of sp³-hybridized carbons (Fsp3) is 0.500. The molecule has 0 heterocycles. The van der Waals surface area contributed by atoms with Crippen LogP contribution in [0.15, 0.2) is 27.9 Å². The van der Waals surface area contributed by atoms with Crippen molar-refractivity contribution in [1.82, 2.24) is 0 Å². The van der Waals surface area contributed by atoms with E-state index in [1.165, 1.54) is 0 Å². The number of benzene rings is 1. The quantitative estimate of drug-likeness (QED) is 0.257. The highest BCUT2D eigenvalue weighted by Gasteiger charge is 2.19. The molecule has 0 saturated heterocycles. The van der Waals surface area contributed by atoms with Crippen LogP contribution in [0.5, 0.6) is 11.5 Å². The van der Waals surface area contributed by atoms with Gasteiger partial charge in [0.1, 0.15) is 28.3 Å². The second-order valence-corrected chi connectivity index (χ2v) is 6.46. The highest BCUT2D eigenvalue weighted by atomic mass is 35.5. The predicted molar refractivity (Wildman–Crippen MR) is 101 cm³/mol. The molecule has 0 saturated carbocycles. The second-order valence-electron chi connectivity index (χ2n) is 5.45. The number of ether oxygens (including phenoxy) is 3. The zero-order chi connectivity index (χ0) is 18.8. The molecule has 0 bridgehead atoms. The maximum Gasteiger partial charge on any atom is 0.242 e. The van der Waals surface area contributed by atoms with Gasteiger partial charge in [0.05, 0.1) is 6.61 Å². The van der Waals surface area contributed by atoms with Crippen molar-refractivity contribution in [2.24, 2.45) is 5.16 Å². The van der Waals surface area contributed by atoms with Gasteiger partial charge >= 0.3 is 0 Å². The lowest BCUT2D eigenvalue weighted by Gasteiger charge is -2.22. The normalized spacial score (nSPS) is 12.6. The first-order valence-corrected chi connectivity index (χ1v) is 8.92. The molecule has 5 nitrogen and oxygen atoms in total. The van der Waals surface area contributed by atoms with E-state index in [0.717, 1.165) is 24.0 Å². The first-order chi connectivity index (χ1) is 11.9. The average Bonchev–Trinajstić information content (AvgIpc) is 2.58. The van der Waals surface area contributed by atoms with Crippen molar-refractivity contribution in [3.05, 3.63) is 33.8 Å². The highest BCUT2D eigenvalue weighted by molar-refractivity contribution is 6.55. The van der Waals surface area contributed by atoms with E-state index in [1.807, 2.05) is 32.9 Å². The summed E-state index contributed by atoms with van der Waals surface area (Å²) in [5, 5.41) is 12.3. The van der Waals surface area contributed by atoms with E-state index in [-0.39, 0.29) is 11.1 Å². The molecule has 0 fully saturated rings. The summed E-state index contributed by atoms with van der Waals surface area (Å²) < 4.78 is 17.4. The molecule has 1 N–H and O–H groups in total. The largest absolute Gasteiger partial charge is 0.489 e. The Morgan fingerprint density at radius 3 is 2.60 bits per heavy atom. The molecule has 0 spiro atoms. The summed E-state index contributed by atoms with van der Waals surface area (Å²) in [6.07, 6.45) is 2.42. The molecule has 1 unspecified atom stereocenters. The van der Waals surface area contributed by atoms with Gasteiger partial charge in [-0.25, -0.2) is 0 Å². The summed E-state index contributed by atoms with van der Waals surface area (Å²) in [7, 11) is 0. The predicted octanol–water partition coefficient (Wildman–Crippen LogP) is 5.24. The smallest absolute Gasteiger partial charge is 0.242 e. The van der Waals surface area contributed by atoms with Gasteiger partial charge in [0.2, 0.25) is 6.29 Å². The molecule has 1 rings (SSSR count). The number of nitrogens with zero attached hydrogens (tertiary/aromatic N) is 1. The Bertz CT molecular complexity index is 613. The van der Waals surface area contributed by atoms with E-state index >= 15 is 0 Å². The van der Waals surface area contributed by atoms with Crippen LogP contribution in [0.2, 0.25) is 0 Å². The molecule has 0 radical (unpaired) electrons. The topological polar surface area (TPSA) is 60.3 Å². The number of hydrogen-bond donors (Lipinski definition) is 1. The SMILES string of the molecule is CCCOC(Oc1c(C)cc(OCC=C(Cl)Cl)cc1CC)C(C)=NO. The van der Waals surface area contributed by atoms with Crippen LogP contribution >= 0.6 is 23.2 Å². The van der Waals surface area contributed by atoms with Gasteiger partial charge in [-0.15, -0.1) is 0 Å². The van der Waals surface area contributed by atoms with Gasteiger partial charge in [-0.2, -0.15) is 0 Å². The van der Waals surface area contributed by atoms with Crippen molar-refractivity contribution < 1.29 is 19.4 Å². The molecule has 0 amide bonds. The van der Waals surface area contributed by atoms with Gasteiger partial charge in [0.25, 0.3) is 0 Å².